The van der Waals surface area contributed by atoms with E-state index < -0.39 is 17.0 Å². The second kappa shape index (κ2) is 4.66. The third kappa shape index (κ3) is 1.87. The highest BCUT2D eigenvalue weighted by Gasteiger charge is 2.20. The zero-order valence-corrected chi connectivity index (χ0v) is 10.4. The lowest BCUT2D eigenvalue weighted by Crippen LogP contribution is -2.09. The SMILES string of the molecule is O=C(c1ccccc1)c1oc2ccccc2c(=O)c1O. The lowest BCUT2D eigenvalue weighted by atomic mass is 10.1. The molecule has 4 nitrogen and oxygen atoms in total. The topological polar surface area (TPSA) is 67.5 Å². The van der Waals surface area contributed by atoms with Crippen LogP contribution in [0.15, 0.2) is 63.8 Å². The monoisotopic (exact) mass is 266 g/mol. The molecule has 0 aliphatic heterocycles. The molecule has 0 atom stereocenters. The summed E-state index contributed by atoms with van der Waals surface area (Å²) in [7, 11) is 0. The second-order valence-electron chi connectivity index (χ2n) is 4.30. The van der Waals surface area contributed by atoms with Crippen LogP contribution in [0.25, 0.3) is 11.0 Å². The first-order valence-corrected chi connectivity index (χ1v) is 6.03. The summed E-state index contributed by atoms with van der Waals surface area (Å²) in [6.45, 7) is 0. The maximum absolute atomic E-state index is 12.3. The van der Waals surface area contributed by atoms with Crippen LogP contribution in [0.5, 0.6) is 5.75 Å². The van der Waals surface area contributed by atoms with Gasteiger partial charge in [0, 0.05) is 5.56 Å². The first kappa shape index (κ1) is 12.2. The van der Waals surface area contributed by atoms with Gasteiger partial charge in [0.2, 0.25) is 22.7 Å². The Kier molecular flexibility index (Phi) is 2.84. The van der Waals surface area contributed by atoms with Gasteiger partial charge in [-0.2, -0.15) is 0 Å². The summed E-state index contributed by atoms with van der Waals surface area (Å²) >= 11 is 0. The molecule has 3 aromatic rings. The quantitative estimate of drug-likeness (QED) is 0.724. The minimum atomic E-state index is -0.655. The molecule has 98 valence electrons. The van der Waals surface area contributed by atoms with Crippen LogP contribution in [0.1, 0.15) is 16.1 Å². The predicted molar refractivity (Wildman–Crippen MR) is 74.0 cm³/mol. The molecule has 0 spiro atoms. The number of rotatable bonds is 2. The highest BCUT2D eigenvalue weighted by Crippen LogP contribution is 2.22. The van der Waals surface area contributed by atoms with Crippen molar-refractivity contribution in [1.82, 2.24) is 0 Å². The third-order valence-corrected chi connectivity index (χ3v) is 3.02. The van der Waals surface area contributed by atoms with Crippen LogP contribution in [0.3, 0.4) is 0 Å². The molecule has 2 aromatic carbocycles. The number of para-hydroxylation sites is 1. The Balaban J connectivity index is 2.25. The van der Waals surface area contributed by atoms with Crippen LogP contribution in [-0.2, 0) is 0 Å². The van der Waals surface area contributed by atoms with Crippen LogP contribution in [0.2, 0.25) is 0 Å². The Morgan fingerprint density at radius 2 is 1.60 bits per heavy atom. The molecule has 0 unspecified atom stereocenters. The first-order chi connectivity index (χ1) is 9.68. The molecule has 0 fully saturated rings. The molecule has 20 heavy (non-hydrogen) atoms. The maximum atomic E-state index is 12.3. The number of hydrogen-bond acceptors (Lipinski definition) is 4. The van der Waals surface area contributed by atoms with Gasteiger partial charge in [0.15, 0.2) is 0 Å². The van der Waals surface area contributed by atoms with E-state index in [2.05, 4.69) is 0 Å². The Hall–Kier alpha value is -2.88. The van der Waals surface area contributed by atoms with E-state index in [1.54, 1.807) is 48.5 Å². The van der Waals surface area contributed by atoms with Gasteiger partial charge in [-0.25, -0.2) is 0 Å². The van der Waals surface area contributed by atoms with Gasteiger partial charge in [-0.05, 0) is 12.1 Å². The number of hydrogen-bond donors (Lipinski definition) is 1. The molecule has 0 radical (unpaired) electrons. The standard InChI is InChI=1S/C16H10O4/c17-13(10-6-2-1-3-7-10)16-15(19)14(18)11-8-4-5-9-12(11)20-16/h1-9,19H. The van der Waals surface area contributed by atoms with Gasteiger partial charge in [0.05, 0.1) is 5.39 Å². The van der Waals surface area contributed by atoms with Crippen LogP contribution in [0, 0.1) is 0 Å². The lowest BCUT2D eigenvalue weighted by molar-refractivity contribution is 0.100. The van der Waals surface area contributed by atoms with Gasteiger partial charge in [-0.1, -0.05) is 42.5 Å². The van der Waals surface area contributed by atoms with Crippen LogP contribution < -0.4 is 5.43 Å². The second-order valence-corrected chi connectivity index (χ2v) is 4.30. The maximum Gasteiger partial charge on any atom is 0.235 e. The van der Waals surface area contributed by atoms with Crippen LogP contribution >= 0.6 is 0 Å². The fourth-order valence-electron chi connectivity index (χ4n) is 2.01. The molecule has 3 rings (SSSR count). The van der Waals surface area contributed by atoms with Crippen molar-refractivity contribution in [2.24, 2.45) is 0 Å². The highest BCUT2D eigenvalue weighted by atomic mass is 16.4. The molecular weight excluding hydrogens is 256 g/mol. The summed E-state index contributed by atoms with van der Waals surface area (Å²) in [5.41, 5.74) is 0.0157. The van der Waals surface area contributed by atoms with E-state index in [1.165, 1.54) is 6.07 Å². The zero-order valence-electron chi connectivity index (χ0n) is 10.4. The molecule has 1 N–H and O–H groups in total. The van der Waals surface area contributed by atoms with E-state index in [0.29, 0.717) is 5.56 Å². The molecule has 0 bridgehead atoms. The third-order valence-electron chi connectivity index (χ3n) is 3.02. The van der Waals surface area contributed by atoms with Crippen molar-refractivity contribution in [2.75, 3.05) is 0 Å². The first-order valence-electron chi connectivity index (χ1n) is 6.03. The number of fused-ring (bicyclic) bond motifs is 1. The van der Waals surface area contributed by atoms with Gasteiger partial charge in [-0.15, -0.1) is 0 Å². The van der Waals surface area contributed by atoms with Crippen molar-refractivity contribution in [2.45, 2.75) is 0 Å². The van der Waals surface area contributed by atoms with E-state index in [9.17, 15) is 14.7 Å². The smallest absolute Gasteiger partial charge is 0.235 e. The number of carbonyl (C=O) groups is 1. The number of aromatic hydroxyl groups is 1. The van der Waals surface area contributed by atoms with Gasteiger partial charge in [0.1, 0.15) is 5.58 Å². The zero-order chi connectivity index (χ0) is 14.1. The van der Waals surface area contributed by atoms with Gasteiger partial charge in [-0.3, -0.25) is 9.59 Å². The van der Waals surface area contributed by atoms with E-state index in [4.69, 9.17) is 4.42 Å². The Morgan fingerprint density at radius 1 is 0.950 bits per heavy atom. The molecular formula is C16H10O4. The van der Waals surface area contributed by atoms with Crippen LogP contribution in [0.4, 0.5) is 0 Å². The fraction of sp³-hybridized carbons (Fsp3) is 0. The Morgan fingerprint density at radius 3 is 2.35 bits per heavy atom. The van der Waals surface area contributed by atoms with Gasteiger partial charge < -0.3 is 9.52 Å². The Labute approximate surface area is 113 Å². The van der Waals surface area contributed by atoms with Gasteiger partial charge in [0.25, 0.3) is 0 Å². The number of ketones is 1. The molecule has 4 heteroatoms. The average Bonchev–Trinajstić information content (AvgIpc) is 2.51. The van der Waals surface area contributed by atoms with E-state index in [1.807, 2.05) is 0 Å². The molecule has 0 aliphatic rings. The fourth-order valence-corrected chi connectivity index (χ4v) is 2.01. The molecule has 1 heterocycles. The largest absolute Gasteiger partial charge is 0.501 e. The average molecular weight is 266 g/mol. The summed E-state index contributed by atoms with van der Waals surface area (Å²) in [6.07, 6.45) is 0. The molecule has 1 aromatic heterocycles. The normalized spacial score (nSPS) is 10.6. The summed E-state index contributed by atoms with van der Waals surface area (Å²) in [5, 5.41) is 10.1. The van der Waals surface area contributed by atoms with Gasteiger partial charge >= 0.3 is 0 Å². The Bertz CT molecular complexity index is 847. The minimum Gasteiger partial charge on any atom is -0.501 e. The van der Waals surface area contributed by atoms with E-state index in [-0.39, 0.29) is 16.7 Å². The van der Waals surface area contributed by atoms with Crippen molar-refractivity contribution in [3.8, 4) is 5.75 Å². The van der Waals surface area contributed by atoms with Crippen molar-refractivity contribution in [3.05, 3.63) is 76.1 Å². The van der Waals surface area contributed by atoms with Crippen molar-refractivity contribution < 1.29 is 14.3 Å². The minimum absolute atomic E-state index is 0.245. The summed E-state index contributed by atoms with van der Waals surface area (Å²) in [6, 6.07) is 14.8. The number of benzene rings is 2. The lowest BCUT2D eigenvalue weighted by Gasteiger charge is -2.04. The summed E-state index contributed by atoms with van der Waals surface area (Å²) in [5.74, 6) is -1.51. The van der Waals surface area contributed by atoms with E-state index in [0.717, 1.165) is 0 Å². The summed E-state index contributed by atoms with van der Waals surface area (Å²) in [4.78, 5) is 24.3. The predicted octanol–water partition coefficient (Wildman–Crippen LogP) is 2.73. The highest BCUT2D eigenvalue weighted by molar-refractivity contribution is 6.09. The number of carbonyl (C=O) groups excluding carboxylic acids is 1. The molecule has 0 aliphatic carbocycles. The molecule has 0 saturated heterocycles. The molecule has 0 amide bonds. The van der Waals surface area contributed by atoms with E-state index >= 15 is 0 Å². The summed E-state index contributed by atoms with van der Waals surface area (Å²) < 4.78 is 5.39. The van der Waals surface area contributed by atoms with Crippen molar-refractivity contribution in [3.63, 3.8) is 0 Å². The van der Waals surface area contributed by atoms with Crippen molar-refractivity contribution >= 4 is 16.8 Å². The van der Waals surface area contributed by atoms with Crippen LogP contribution in [-0.4, -0.2) is 10.9 Å². The molecule has 0 saturated carbocycles. The van der Waals surface area contributed by atoms with Crippen molar-refractivity contribution in [1.29, 1.82) is 0 Å².